The Hall–Kier alpha value is -4.19. The molecule has 0 unspecified atom stereocenters. The van der Waals surface area contributed by atoms with Gasteiger partial charge in [0.05, 0.1) is 12.1 Å². The summed E-state index contributed by atoms with van der Waals surface area (Å²) in [4.78, 5) is 32.4. The highest BCUT2D eigenvalue weighted by Gasteiger charge is 2.22. The van der Waals surface area contributed by atoms with E-state index in [9.17, 15) is 9.59 Å². The molecule has 0 aliphatic rings. The lowest BCUT2D eigenvalue weighted by Crippen LogP contribution is -2.43. The van der Waals surface area contributed by atoms with E-state index in [1.54, 1.807) is 4.90 Å². The predicted octanol–water partition coefficient (Wildman–Crippen LogP) is 5.27. The van der Waals surface area contributed by atoms with Crippen LogP contribution in [0.5, 0.6) is 0 Å². The molecule has 0 spiro atoms. The third-order valence-corrected chi connectivity index (χ3v) is 5.79. The molecule has 0 radical (unpaired) electrons. The van der Waals surface area contributed by atoms with Crippen molar-refractivity contribution >= 4 is 17.8 Å². The van der Waals surface area contributed by atoms with Gasteiger partial charge in [-0.25, -0.2) is 4.98 Å². The molecule has 35 heavy (non-hydrogen) atoms. The number of nitrogens with one attached hydrogen (secondary N) is 1. The average molecular weight is 467 g/mol. The van der Waals surface area contributed by atoms with Crippen LogP contribution >= 0.6 is 0 Å². The Morgan fingerprint density at radius 3 is 2.17 bits per heavy atom. The minimum absolute atomic E-state index is 0.0508. The van der Waals surface area contributed by atoms with Crippen molar-refractivity contribution in [1.29, 1.82) is 0 Å². The Morgan fingerprint density at radius 1 is 0.914 bits per heavy atom. The number of carbonyl (C=O) groups is 2. The van der Waals surface area contributed by atoms with E-state index >= 15 is 0 Å². The maximum atomic E-state index is 13.1. The Morgan fingerprint density at radius 2 is 1.54 bits per heavy atom. The molecular weight excluding hydrogens is 436 g/mol. The first-order valence-electron chi connectivity index (χ1n) is 11.8. The van der Waals surface area contributed by atoms with Crippen molar-refractivity contribution in [2.75, 3.05) is 11.9 Å². The number of carbonyl (C=O) groups excluding carboxylic acids is 2. The number of aryl methyl sites for hydroxylation is 1. The van der Waals surface area contributed by atoms with Crippen LogP contribution < -0.4 is 5.32 Å². The summed E-state index contributed by atoms with van der Waals surface area (Å²) in [5.74, 6) is 0.0313. The molecule has 4 rings (SSSR count). The van der Waals surface area contributed by atoms with Gasteiger partial charge in [0.15, 0.2) is 0 Å². The normalized spacial score (nSPS) is 10.9. The van der Waals surface area contributed by atoms with Crippen LogP contribution in [0.3, 0.4) is 0 Å². The Bertz CT molecular complexity index is 1280. The molecule has 0 aliphatic heterocycles. The van der Waals surface area contributed by atoms with Crippen molar-refractivity contribution in [2.24, 2.45) is 0 Å². The smallest absolute Gasteiger partial charge is 0.246 e. The van der Waals surface area contributed by atoms with Crippen molar-refractivity contribution in [3.63, 3.8) is 0 Å². The van der Waals surface area contributed by atoms with Crippen LogP contribution in [0.2, 0.25) is 0 Å². The minimum atomic E-state index is -0.293. The van der Waals surface area contributed by atoms with Gasteiger partial charge < -0.3 is 4.90 Å². The van der Waals surface area contributed by atoms with E-state index in [0.717, 1.165) is 28.1 Å². The molecule has 1 heterocycles. The monoisotopic (exact) mass is 466 g/mol. The Balaban J connectivity index is 1.56. The van der Waals surface area contributed by atoms with Crippen LogP contribution in [-0.4, -0.2) is 38.9 Å². The van der Waals surface area contributed by atoms with Crippen LogP contribution in [0.15, 0.2) is 91.1 Å². The van der Waals surface area contributed by atoms with Gasteiger partial charge in [-0.05, 0) is 38.5 Å². The fraction of sp³-hybridized carbons (Fsp3) is 0.207. The molecule has 6 nitrogen and oxygen atoms in total. The Kier molecular flexibility index (Phi) is 7.41. The number of imidazole rings is 1. The van der Waals surface area contributed by atoms with E-state index in [4.69, 9.17) is 4.98 Å². The highest BCUT2D eigenvalue weighted by Crippen LogP contribution is 2.24. The highest BCUT2D eigenvalue weighted by atomic mass is 16.2. The number of hydrogen-bond donors (Lipinski definition) is 1. The van der Waals surface area contributed by atoms with Crippen molar-refractivity contribution in [2.45, 2.75) is 33.2 Å². The van der Waals surface area contributed by atoms with E-state index in [1.807, 2.05) is 116 Å². The first-order chi connectivity index (χ1) is 16.9. The minimum Gasteiger partial charge on any atom is -0.331 e. The molecule has 178 valence electrons. The zero-order chi connectivity index (χ0) is 24.8. The number of benzene rings is 3. The summed E-state index contributed by atoms with van der Waals surface area (Å²) in [6, 6.07) is 27.3. The lowest BCUT2D eigenvalue weighted by Gasteiger charge is -2.26. The number of amides is 2. The summed E-state index contributed by atoms with van der Waals surface area (Å²) in [5.41, 5.74) is 4.66. The van der Waals surface area contributed by atoms with Gasteiger partial charge in [0.25, 0.3) is 0 Å². The third-order valence-electron chi connectivity index (χ3n) is 5.79. The van der Waals surface area contributed by atoms with Crippen molar-refractivity contribution in [3.05, 3.63) is 102 Å². The van der Waals surface area contributed by atoms with Gasteiger partial charge in [-0.3, -0.25) is 19.5 Å². The van der Waals surface area contributed by atoms with E-state index in [2.05, 4.69) is 5.32 Å². The second-order valence-corrected chi connectivity index (χ2v) is 8.85. The molecule has 0 saturated carbocycles. The maximum Gasteiger partial charge on any atom is 0.246 e. The molecule has 0 atom stereocenters. The van der Waals surface area contributed by atoms with Crippen LogP contribution in [-0.2, 0) is 16.0 Å². The van der Waals surface area contributed by atoms with Crippen molar-refractivity contribution in [3.8, 4) is 16.9 Å². The van der Waals surface area contributed by atoms with E-state index < -0.39 is 0 Å². The molecule has 0 saturated heterocycles. The largest absolute Gasteiger partial charge is 0.331 e. The van der Waals surface area contributed by atoms with Gasteiger partial charge in [-0.15, -0.1) is 0 Å². The van der Waals surface area contributed by atoms with Crippen LogP contribution in [0.1, 0.15) is 25.0 Å². The highest BCUT2D eigenvalue weighted by molar-refractivity contribution is 5.94. The second kappa shape index (κ2) is 10.8. The van der Waals surface area contributed by atoms with Gasteiger partial charge in [-0.2, -0.15) is 0 Å². The summed E-state index contributed by atoms with van der Waals surface area (Å²) in [6.07, 6.45) is 2.17. The van der Waals surface area contributed by atoms with Gasteiger partial charge in [0.2, 0.25) is 17.8 Å². The summed E-state index contributed by atoms with van der Waals surface area (Å²) >= 11 is 0. The molecule has 6 heteroatoms. The summed E-state index contributed by atoms with van der Waals surface area (Å²) in [5, 5.41) is 2.94. The molecule has 0 bridgehead atoms. The number of aromatic nitrogens is 2. The number of anilines is 1. The lowest BCUT2D eigenvalue weighted by atomic mass is 10.1. The molecule has 3 aromatic carbocycles. The molecule has 0 fully saturated rings. The van der Waals surface area contributed by atoms with Crippen molar-refractivity contribution < 1.29 is 9.59 Å². The molecule has 4 aromatic rings. The fourth-order valence-corrected chi connectivity index (χ4v) is 3.87. The van der Waals surface area contributed by atoms with Crippen LogP contribution in [0.25, 0.3) is 16.9 Å². The molecule has 2 amide bonds. The number of hydrogen-bond acceptors (Lipinski definition) is 3. The fourth-order valence-electron chi connectivity index (χ4n) is 3.87. The third kappa shape index (κ3) is 6.03. The van der Waals surface area contributed by atoms with Crippen LogP contribution in [0.4, 0.5) is 5.95 Å². The molecule has 1 N–H and O–H groups in total. The van der Waals surface area contributed by atoms with Gasteiger partial charge >= 0.3 is 0 Å². The van der Waals surface area contributed by atoms with E-state index in [-0.39, 0.29) is 30.8 Å². The summed E-state index contributed by atoms with van der Waals surface area (Å²) in [6.45, 7) is 5.81. The lowest BCUT2D eigenvalue weighted by molar-refractivity contribution is -0.135. The summed E-state index contributed by atoms with van der Waals surface area (Å²) < 4.78 is 1.87. The SMILES string of the molecule is Cc1ccc(-n2cc(-c3ccccc3)nc2NC(=O)CN(C(=O)Cc2ccccc2)C(C)C)cc1. The standard InChI is InChI=1S/C29H30N4O2/c1-21(2)32(28(35)18-23-10-6-4-7-11-23)20-27(34)31-29-30-26(24-12-8-5-9-13-24)19-33(29)25-16-14-22(3)15-17-25/h4-17,19,21H,18,20H2,1-3H3,(H,30,31,34). The van der Waals surface area contributed by atoms with Gasteiger partial charge in [-0.1, -0.05) is 78.4 Å². The van der Waals surface area contributed by atoms with Gasteiger partial charge in [0, 0.05) is 23.5 Å². The van der Waals surface area contributed by atoms with E-state index in [0.29, 0.717) is 5.95 Å². The zero-order valence-corrected chi connectivity index (χ0v) is 20.3. The molecular formula is C29H30N4O2. The zero-order valence-electron chi connectivity index (χ0n) is 20.3. The summed E-state index contributed by atoms with van der Waals surface area (Å²) in [7, 11) is 0. The van der Waals surface area contributed by atoms with Crippen LogP contribution in [0, 0.1) is 6.92 Å². The molecule has 0 aliphatic carbocycles. The Labute approximate surface area is 206 Å². The number of rotatable bonds is 8. The second-order valence-electron chi connectivity index (χ2n) is 8.85. The van der Waals surface area contributed by atoms with E-state index in [1.165, 1.54) is 0 Å². The molecule has 1 aromatic heterocycles. The first-order valence-corrected chi connectivity index (χ1v) is 11.8. The number of nitrogens with zero attached hydrogens (tertiary/aromatic N) is 3. The van der Waals surface area contributed by atoms with Gasteiger partial charge in [0.1, 0.15) is 6.54 Å². The topological polar surface area (TPSA) is 67.2 Å². The van der Waals surface area contributed by atoms with Crippen molar-refractivity contribution in [1.82, 2.24) is 14.5 Å². The maximum absolute atomic E-state index is 13.1. The average Bonchev–Trinajstić information content (AvgIpc) is 3.27. The first kappa shape index (κ1) is 24.0. The predicted molar refractivity (Wildman–Crippen MR) is 139 cm³/mol. The quantitative estimate of drug-likeness (QED) is 0.385.